The van der Waals surface area contributed by atoms with Gasteiger partial charge in [0.2, 0.25) is 0 Å². The number of nitrogens with one attached hydrogen (secondary N) is 2. The molecular weight excluding hydrogens is 440 g/mol. The summed E-state index contributed by atoms with van der Waals surface area (Å²) in [7, 11) is 0. The van der Waals surface area contributed by atoms with Crippen molar-refractivity contribution >= 4 is 45.7 Å². The Balaban J connectivity index is 1.61. The highest BCUT2D eigenvalue weighted by Crippen LogP contribution is 2.33. The highest BCUT2D eigenvalue weighted by molar-refractivity contribution is 6.39. The Morgan fingerprint density at radius 1 is 1.26 bits per heavy atom. The molecule has 4 rings (SSSR count). The summed E-state index contributed by atoms with van der Waals surface area (Å²) in [6.07, 6.45) is 1.02. The van der Waals surface area contributed by atoms with E-state index in [9.17, 15) is 14.3 Å². The number of amides is 1. The third-order valence-corrected chi connectivity index (χ3v) is 6.42. The minimum absolute atomic E-state index is 0.303. The number of aliphatic hydroxyl groups is 1. The molecule has 2 heterocycles. The Labute approximate surface area is 190 Å². The maximum atomic E-state index is 14.1. The SMILES string of the molecule is Cc1c(C(=O)NC(C)c2cc(F)ccc2N2CCC(O)CC2)[nH]c2cc(Cl)cc(Cl)c12. The molecule has 0 radical (unpaired) electrons. The molecule has 1 atom stereocenters. The summed E-state index contributed by atoms with van der Waals surface area (Å²) in [5.41, 5.74) is 3.37. The van der Waals surface area contributed by atoms with E-state index < -0.39 is 6.04 Å². The summed E-state index contributed by atoms with van der Waals surface area (Å²) >= 11 is 12.4. The van der Waals surface area contributed by atoms with Gasteiger partial charge in [-0.1, -0.05) is 23.2 Å². The topological polar surface area (TPSA) is 68.4 Å². The van der Waals surface area contributed by atoms with Crippen LogP contribution in [0.2, 0.25) is 10.0 Å². The number of fused-ring (bicyclic) bond motifs is 1. The Bertz CT molecular complexity index is 1140. The number of hydrogen-bond donors (Lipinski definition) is 3. The number of anilines is 1. The molecule has 0 aliphatic carbocycles. The summed E-state index contributed by atoms with van der Waals surface area (Å²) in [5.74, 6) is -0.669. The maximum absolute atomic E-state index is 14.1. The van der Waals surface area contributed by atoms with Crippen LogP contribution in [-0.4, -0.2) is 35.2 Å². The van der Waals surface area contributed by atoms with E-state index >= 15 is 0 Å². The molecule has 1 aliphatic heterocycles. The predicted molar refractivity (Wildman–Crippen MR) is 123 cm³/mol. The van der Waals surface area contributed by atoms with Crippen molar-refractivity contribution in [2.45, 2.75) is 38.8 Å². The number of benzene rings is 2. The van der Waals surface area contributed by atoms with E-state index in [0.29, 0.717) is 52.8 Å². The van der Waals surface area contributed by atoms with E-state index in [2.05, 4.69) is 15.2 Å². The lowest BCUT2D eigenvalue weighted by Crippen LogP contribution is -2.37. The van der Waals surface area contributed by atoms with Crippen molar-refractivity contribution in [1.29, 1.82) is 0 Å². The van der Waals surface area contributed by atoms with Gasteiger partial charge in [-0.25, -0.2) is 4.39 Å². The van der Waals surface area contributed by atoms with Crippen LogP contribution >= 0.6 is 23.2 Å². The first-order chi connectivity index (χ1) is 14.7. The molecule has 0 saturated carbocycles. The smallest absolute Gasteiger partial charge is 0.268 e. The van der Waals surface area contributed by atoms with Gasteiger partial charge in [0.1, 0.15) is 11.5 Å². The molecule has 31 heavy (non-hydrogen) atoms. The zero-order valence-corrected chi connectivity index (χ0v) is 18.8. The van der Waals surface area contributed by atoms with Gasteiger partial charge in [-0.05, 0) is 62.6 Å². The Kier molecular flexibility index (Phi) is 6.15. The minimum Gasteiger partial charge on any atom is -0.393 e. The number of hydrogen-bond acceptors (Lipinski definition) is 3. The van der Waals surface area contributed by atoms with Crippen LogP contribution in [-0.2, 0) is 0 Å². The van der Waals surface area contributed by atoms with Crippen LogP contribution in [0.3, 0.4) is 0 Å². The first kappa shape index (κ1) is 21.9. The van der Waals surface area contributed by atoms with Crippen molar-refractivity contribution in [2.75, 3.05) is 18.0 Å². The van der Waals surface area contributed by atoms with E-state index in [0.717, 1.165) is 16.6 Å². The number of carbonyl (C=O) groups excluding carboxylic acids is 1. The zero-order chi connectivity index (χ0) is 22.3. The van der Waals surface area contributed by atoms with Crippen molar-refractivity contribution < 1.29 is 14.3 Å². The third kappa shape index (κ3) is 4.38. The summed E-state index contributed by atoms with van der Waals surface area (Å²) in [4.78, 5) is 18.3. The van der Waals surface area contributed by atoms with Crippen molar-refractivity contribution in [3.63, 3.8) is 0 Å². The van der Waals surface area contributed by atoms with E-state index in [1.807, 2.05) is 13.8 Å². The van der Waals surface area contributed by atoms with Gasteiger partial charge >= 0.3 is 0 Å². The first-order valence-corrected chi connectivity index (χ1v) is 11.0. The van der Waals surface area contributed by atoms with Crippen molar-refractivity contribution in [2.24, 2.45) is 0 Å². The molecule has 1 amide bonds. The molecule has 3 aromatic rings. The number of aromatic nitrogens is 1. The highest BCUT2D eigenvalue weighted by atomic mass is 35.5. The molecule has 164 valence electrons. The number of aromatic amines is 1. The number of piperidine rings is 1. The molecule has 0 bridgehead atoms. The van der Waals surface area contributed by atoms with Gasteiger partial charge in [0.05, 0.1) is 17.2 Å². The largest absolute Gasteiger partial charge is 0.393 e. The van der Waals surface area contributed by atoms with Gasteiger partial charge < -0.3 is 20.3 Å². The van der Waals surface area contributed by atoms with Gasteiger partial charge in [0.25, 0.3) is 5.91 Å². The van der Waals surface area contributed by atoms with Crippen LogP contribution in [0.4, 0.5) is 10.1 Å². The molecule has 2 aromatic carbocycles. The molecule has 1 fully saturated rings. The second-order valence-electron chi connectivity index (χ2n) is 8.05. The van der Waals surface area contributed by atoms with Crippen molar-refractivity contribution in [3.05, 3.63) is 63.0 Å². The zero-order valence-electron chi connectivity index (χ0n) is 17.3. The second kappa shape index (κ2) is 8.69. The van der Waals surface area contributed by atoms with Crippen LogP contribution in [0, 0.1) is 12.7 Å². The molecule has 8 heteroatoms. The number of rotatable bonds is 4. The number of aliphatic hydroxyl groups excluding tert-OH is 1. The average Bonchev–Trinajstić information content (AvgIpc) is 3.05. The summed E-state index contributed by atoms with van der Waals surface area (Å²) in [5, 5.41) is 14.5. The average molecular weight is 464 g/mol. The Morgan fingerprint density at radius 3 is 2.68 bits per heavy atom. The molecule has 1 aliphatic rings. The number of carbonyl (C=O) groups is 1. The molecule has 1 saturated heterocycles. The molecule has 3 N–H and O–H groups in total. The molecule has 5 nitrogen and oxygen atoms in total. The van der Waals surface area contributed by atoms with E-state index in [1.165, 1.54) is 12.1 Å². The minimum atomic E-state index is -0.435. The molecular formula is C23H24Cl2FN3O2. The van der Waals surface area contributed by atoms with Gasteiger partial charge in [-0.3, -0.25) is 4.79 Å². The monoisotopic (exact) mass is 463 g/mol. The number of aryl methyl sites for hydroxylation is 1. The summed E-state index contributed by atoms with van der Waals surface area (Å²) in [6, 6.07) is 7.55. The summed E-state index contributed by atoms with van der Waals surface area (Å²) in [6.45, 7) is 5.02. The Morgan fingerprint density at radius 2 is 1.97 bits per heavy atom. The van der Waals surface area contributed by atoms with Crippen LogP contribution in [0.25, 0.3) is 10.9 Å². The number of H-pyrrole nitrogens is 1. The van der Waals surface area contributed by atoms with Crippen molar-refractivity contribution in [3.8, 4) is 0 Å². The standard InChI is InChI=1S/C23H24Cl2FN3O2/c1-12-21-18(25)9-14(24)10-19(21)28-22(12)23(31)27-13(2)17-11-15(26)3-4-20(17)29-7-5-16(30)6-8-29/h3-4,9-11,13,16,28,30H,5-8H2,1-2H3,(H,27,31). The fraction of sp³-hybridized carbons (Fsp3) is 0.348. The lowest BCUT2D eigenvalue weighted by atomic mass is 10.0. The fourth-order valence-electron chi connectivity index (χ4n) is 4.25. The number of halogens is 3. The second-order valence-corrected chi connectivity index (χ2v) is 8.90. The van der Waals surface area contributed by atoms with Crippen molar-refractivity contribution in [1.82, 2.24) is 10.3 Å². The van der Waals surface area contributed by atoms with Crippen LogP contribution in [0.1, 0.15) is 47.4 Å². The fourth-order valence-corrected chi connectivity index (χ4v) is 4.88. The summed E-state index contributed by atoms with van der Waals surface area (Å²) < 4.78 is 14.1. The van der Waals surface area contributed by atoms with E-state index in [4.69, 9.17) is 23.2 Å². The van der Waals surface area contributed by atoms with E-state index in [1.54, 1.807) is 18.2 Å². The van der Waals surface area contributed by atoms with Gasteiger partial charge in [-0.15, -0.1) is 0 Å². The maximum Gasteiger partial charge on any atom is 0.268 e. The van der Waals surface area contributed by atoms with Crippen LogP contribution in [0.15, 0.2) is 30.3 Å². The van der Waals surface area contributed by atoms with Gasteiger partial charge in [-0.2, -0.15) is 0 Å². The van der Waals surface area contributed by atoms with Gasteiger partial charge in [0.15, 0.2) is 0 Å². The third-order valence-electron chi connectivity index (χ3n) is 5.90. The lowest BCUT2D eigenvalue weighted by molar-refractivity contribution is 0.0935. The molecule has 1 aromatic heterocycles. The first-order valence-electron chi connectivity index (χ1n) is 10.2. The van der Waals surface area contributed by atoms with Gasteiger partial charge in [0, 0.05) is 40.3 Å². The number of nitrogens with zero attached hydrogens (tertiary/aromatic N) is 1. The van der Waals surface area contributed by atoms with E-state index in [-0.39, 0.29) is 17.8 Å². The van der Waals surface area contributed by atoms with Crippen LogP contribution in [0.5, 0.6) is 0 Å². The quantitative estimate of drug-likeness (QED) is 0.486. The molecule has 0 spiro atoms. The lowest BCUT2D eigenvalue weighted by Gasteiger charge is -2.34. The normalized spacial score (nSPS) is 16.0. The molecule has 1 unspecified atom stereocenters. The predicted octanol–water partition coefficient (Wildman–Crippen LogP) is 5.37. The van der Waals surface area contributed by atoms with Crippen LogP contribution < -0.4 is 10.2 Å². The Hall–Kier alpha value is -2.28. The highest BCUT2D eigenvalue weighted by Gasteiger charge is 2.24.